The Labute approximate surface area is 90.5 Å². The lowest BCUT2D eigenvalue weighted by Gasteiger charge is -2.01. The van der Waals surface area contributed by atoms with Gasteiger partial charge in [-0.05, 0) is 12.1 Å². The number of carbonyl (C=O) groups excluding carboxylic acids is 1. The average Bonchev–Trinajstić information content (AvgIpc) is 2.70. The van der Waals surface area contributed by atoms with Gasteiger partial charge in [-0.25, -0.2) is 4.39 Å². The van der Waals surface area contributed by atoms with E-state index in [0.29, 0.717) is 12.0 Å². The van der Waals surface area contributed by atoms with Crippen molar-refractivity contribution in [3.63, 3.8) is 0 Å². The molecule has 78 valence electrons. The zero-order valence-corrected chi connectivity index (χ0v) is 8.37. The largest absolute Gasteiger partial charge is 0.384 e. The number of nitrogens with zero attached hydrogens (tertiary/aromatic N) is 1. The quantitative estimate of drug-likeness (QED) is 0.727. The number of hydrogen-bond acceptors (Lipinski definition) is 3. The molecule has 0 fully saturated rings. The van der Waals surface area contributed by atoms with E-state index < -0.39 is 11.9 Å². The van der Waals surface area contributed by atoms with Crippen LogP contribution in [0, 0.1) is 5.82 Å². The Bertz CT molecular complexity index is 433. The minimum absolute atomic E-state index is 0.0322. The van der Waals surface area contributed by atoms with Crippen molar-refractivity contribution in [1.82, 2.24) is 0 Å². The number of oxime groups is 1. The second-order valence-electron chi connectivity index (χ2n) is 3.12. The normalized spacial score (nSPS) is 19.6. The first-order valence-corrected chi connectivity index (χ1v) is 4.72. The smallest absolute Gasteiger partial charge is 0.187 e. The van der Waals surface area contributed by atoms with Crippen LogP contribution in [0.5, 0.6) is 0 Å². The van der Waals surface area contributed by atoms with Crippen LogP contribution in [0.2, 0.25) is 5.02 Å². The first kappa shape index (κ1) is 10.1. The highest BCUT2D eigenvalue weighted by Gasteiger charge is 2.23. The number of carbonyl (C=O) groups is 1. The van der Waals surface area contributed by atoms with Gasteiger partial charge in [-0.3, -0.25) is 4.79 Å². The molecule has 0 aromatic heterocycles. The topological polar surface area (TPSA) is 38.7 Å². The highest BCUT2D eigenvalue weighted by molar-refractivity contribution is 6.31. The predicted molar refractivity (Wildman–Crippen MR) is 53.5 cm³/mol. The molecule has 1 aliphatic rings. The molecule has 1 aromatic carbocycles. The van der Waals surface area contributed by atoms with Gasteiger partial charge in [-0.15, -0.1) is 0 Å². The number of hydrogen-bond donors (Lipinski definition) is 0. The summed E-state index contributed by atoms with van der Waals surface area (Å²) in [4.78, 5) is 15.2. The maximum Gasteiger partial charge on any atom is 0.187 e. The number of rotatable bonds is 2. The second-order valence-corrected chi connectivity index (χ2v) is 3.53. The van der Waals surface area contributed by atoms with Gasteiger partial charge in [0.05, 0.1) is 10.7 Å². The summed E-state index contributed by atoms with van der Waals surface area (Å²) >= 11 is 5.62. The summed E-state index contributed by atoms with van der Waals surface area (Å²) in [7, 11) is 0. The zero-order chi connectivity index (χ0) is 10.8. The molecule has 0 N–H and O–H groups in total. The van der Waals surface area contributed by atoms with Gasteiger partial charge in [-0.1, -0.05) is 22.8 Å². The van der Waals surface area contributed by atoms with Gasteiger partial charge in [0.2, 0.25) is 0 Å². The highest BCUT2D eigenvalue weighted by atomic mass is 35.5. The van der Waals surface area contributed by atoms with Crippen LogP contribution >= 0.6 is 11.6 Å². The van der Waals surface area contributed by atoms with Gasteiger partial charge in [-0.2, -0.15) is 0 Å². The van der Waals surface area contributed by atoms with E-state index in [2.05, 4.69) is 5.16 Å². The Morgan fingerprint density at radius 3 is 3.07 bits per heavy atom. The monoisotopic (exact) mass is 227 g/mol. The molecule has 0 saturated carbocycles. The molecule has 0 bridgehead atoms. The van der Waals surface area contributed by atoms with Crippen LogP contribution in [0.1, 0.15) is 12.0 Å². The molecule has 0 saturated heterocycles. The van der Waals surface area contributed by atoms with E-state index in [1.54, 1.807) is 12.1 Å². The average molecular weight is 228 g/mol. The van der Waals surface area contributed by atoms with Gasteiger partial charge in [0.25, 0.3) is 0 Å². The molecule has 1 atom stereocenters. The molecule has 1 heterocycles. The van der Waals surface area contributed by atoms with Crippen molar-refractivity contribution in [1.29, 1.82) is 0 Å². The fourth-order valence-corrected chi connectivity index (χ4v) is 1.53. The summed E-state index contributed by atoms with van der Waals surface area (Å²) < 4.78 is 13.5. The molecule has 15 heavy (non-hydrogen) atoms. The van der Waals surface area contributed by atoms with Crippen molar-refractivity contribution in [2.75, 3.05) is 0 Å². The molecular formula is C10H7ClFNO2. The van der Waals surface area contributed by atoms with E-state index >= 15 is 0 Å². The van der Waals surface area contributed by atoms with Gasteiger partial charge in [0.1, 0.15) is 0 Å². The van der Waals surface area contributed by atoms with Crippen molar-refractivity contribution < 1.29 is 14.0 Å². The molecule has 0 aliphatic carbocycles. The van der Waals surface area contributed by atoms with Crippen LogP contribution in [0.3, 0.4) is 0 Å². The minimum Gasteiger partial charge on any atom is -0.384 e. The molecule has 3 nitrogen and oxygen atoms in total. The van der Waals surface area contributed by atoms with Gasteiger partial charge in [0.15, 0.2) is 18.2 Å². The fourth-order valence-electron chi connectivity index (χ4n) is 1.36. The van der Waals surface area contributed by atoms with Crippen molar-refractivity contribution in [3.05, 3.63) is 34.6 Å². The summed E-state index contributed by atoms with van der Waals surface area (Å²) in [5, 5.41) is 3.68. The van der Waals surface area contributed by atoms with Crippen LogP contribution in [0.4, 0.5) is 4.39 Å². The van der Waals surface area contributed by atoms with Crippen molar-refractivity contribution in [2.45, 2.75) is 12.5 Å². The first-order chi connectivity index (χ1) is 7.22. The van der Waals surface area contributed by atoms with Crippen molar-refractivity contribution >= 4 is 23.6 Å². The Kier molecular flexibility index (Phi) is 2.68. The maximum atomic E-state index is 13.5. The lowest BCUT2D eigenvalue weighted by Crippen LogP contribution is -2.10. The summed E-state index contributed by atoms with van der Waals surface area (Å²) in [5.41, 5.74) is 0.693. The molecule has 0 spiro atoms. The highest BCUT2D eigenvalue weighted by Crippen LogP contribution is 2.22. The van der Waals surface area contributed by atoms with Gasteiger partial charge >= 0.3 is 0 Å². The maximum absolute atomic E-state index is 13.5. The van der Waals surface area contributed by atoms with Crippen molar-refractivity contribution in [3.8, 4) is 0 Å². The van der Waals surface area contributed by atoms with E-state index in [1.165, 1.54) is 6.07 Å². The van der Waals surface area contributed by atoms with E-state index in [1.807, 2.05) is 0 Å². The summed E-state index contributed by atoms with van der Waals surface area (Å²) in [6.07, 6.45) is 0.304. The molecule has 0 amide bonds. The van der Waals surface area contributed by atoms with Gasteiger partial charge < -0.3 is 4.84 Å². The standard InChI is InChI=1S/C10H7ClFNO2/c11-8-3-1-2-7(10(8)12)9-4-6(5-14)15-13-9/h1-3,5-6H,4H2. The molecule has 1 aliphatic heterocycles. The molecule has 0 radical (unpaired) electrons. The predicted octanol–water partition coefficient (Wildman–Crippen LogP) is 2.17. The zero-order valence-electron chi connectivity index (χ0n) is 7.61. The van der Waals surface area contributed by atoms with E-state index in [4.69, 9.17) is 16.4 Å². The van der Waals surface area contributed by atoms with E-state index in [9.17, 15) is 9.18 Å². The van der Waals surface area contributed by atoms with E-state index in [0.717, 1.165) is 0 Å². The third kappa shape index (κ3) is 1.85. The van der Waals surface area contributed by atoms with Crippen LogP contribution < -0.4 is 0 Å². The van der Waals surface area contributed by atoms with Crippen molar-refractivity contribution in [2.24, 2.45) is 5.16 Å². The summed E-state index contributed by atoms with van der Waals surface area (Å²) in [6.45, 7) is 0. The summed E-state index contributed by atoms with van der Waals surface area (Å²) in [6, 6.07) is 4.63. The third-order valence-electron chi connectivity index (χ3n) is 2.11. The Hall–Kier alpha value is -1.42. The van der Waals surface area contributed by atoms with Crippen LogP contribution in [0.25, 0.3) is 0 Å². The van der Waals surface area contributed by atoms with Crippen LogP contribution in [0.15, 0.2) is 23.4 Å². The Morgan fingerprint density at radius 2 is 2.40 bits per heavy atom. The number of aldehydes is 1. The first-order valence-electron chi connectivity index (χ1n) is 4.34. The third-order valence-corrected chi connectivity index (χ3v) is 2.40. The lowest BCUT2D eigenvalue weighted by atomic mass is 10.1. The van der Waals surface area contributed by atoms with Crippen LogP contribution in [-0.2, 0) is 9.63 Å². The van der Waals surface area contributed by atoms with Gasteiger partial charge in [0, 0.05) is 12.0 Å². The van der Waals surface area contributed by atoms with E-state index in [-0.39, 0.29) is 17.0 Å². The van der Waals surface area contributed by atoms with Crippen LogP contribution in [-0.4, -0.2) is 18.1 Å². The molecule has 5 heteroatoms. The number of halogens is 2. The molecule has 2 rings (SSSR count). The molecule has 1 aromatic rings. The fraction of sp³-hybridized carbons (Fsp3) is 0.200. The Balaban J connectivity index is 2.32. The Morgan fingerprint density at radius 1 is 1.60 bits per heavy atom. The SMILES string of the molecule is O=CC1CC(c2cccc(Cl)c2F)=NO1. The number of benzene rings is 1. The second kappa shape index (κ2) is 3.98. The molecular weight excluding hydrogens is 221 g/mol. The molecule has 1 unspecified atom stereocenters. The lowest BCUT2D eigenvalue weighted by molar-refractivity contribution is -0.116. The minimum atomic E-state index is -0.613. The summed E-state index contributed by atoms with van der Waals surface area (Å²) in [5.74, 6) is -0.534.